The van der Waals surface area contributed by atoms with Crippen molar-refractivity contribution in [2.24, 2.45) is 5.92 Å². The van der Waals surface area contributed by atoms with E-state index < -0.39 is 52.3 Å². The molecule has 0 N–H and O–H groups in total. The lowest BCUT2D eigenvalue weighted by molar-refractivity contribution is -0.189. The highest BCUT2D eigenvalue weighted by Crippen LogP contribution is 2.40. The van der Waals surface area contributed by atoms with E-state index >= 15 is 0 Å². The van der Waals surface area contributed by atoms with Gasteiger partial charge in [-0.15, -0.1) is 0 Å². The van der Waals surface area contributed by atoms with E-state index in [2.05, 4.69) is 11.7 Å². The van der Waals surface area contributed by atoms with Gasteiger partial charge in [-0.3, -0.25) is 0 Å². The van der Waals surface area contributed by atoms with E-state index in [9.17, 15) is 35.1 Å². The molecule has 3 aromatic rings. The summed E-state index contributed by atoms with van der Waals surface area (Å²) in [6.45, 7) is 2.15. The van der Waals surface area contributed by atoms with E-state index in [-0.39, 0.29) is 38.0 Å². The fourth-order valence-corrected chi connectivity index (χ4v) is 4.41. The molecule has 4 rings (SSSR count). The molecule has 0 heterocycles. The number of alkyl halides is 2. The predicted molar refractivity (Wildman–Crippen MR) is 122 cm³/mol. The minimum absolute atomic E-state index is 0. The molecule has 0 aromatic heterocycles. The van der Waals surface area contributed by atoms with Crippen LogP contribution in [0.2, 0.25) is 0 Å². The average Bonchev–Trinajstić information content (AvgIpc) is 2.76. The summed E-state index contributed by atoms with van der Waals surface area (Å²) >= 11 is 0. The van der Waals surface area contributed by atoms with Crippen LogP contribution in [-0.4, -0.2) is 0 Å². The molecule has 0 amide bonds. The summed E-state index contributed by atoms with van der Waals surface area (Å²) in [4.78, 5) is 0. The highest BCUT2D eigenvalue weighted by atomic mass is 19.3. The van der Waals surface area contributed by atoms with Crippen LogP contribution in [0.15, 0.2) is 42.5 Å². The number of ether oxygens (including phenoxy) is 1. The number of hydrogen-bond donors (Lipinski definition) is 0. The van der Waals surface area contributed by atoms with Crippen LogP contribution in [-0.2, 0) is 6.11 Å². The molecule has 0 radical (unpaired) electrons. The monoisotopic (exact) mass is 518 g/mol. The second-order valence-corrected chi connectivity index (χ2v) is 8.83. The van der Waals surface area contributed by atoms with Crippen molar-refractivity contribution >= 4 is 0 Å². The Balaban J connectivity index is 0.00000241. The topological polar surface area (TPSA) is 9.23 Å². The van der Waals surface area contributed by atoms with Crippen LogP contribution in [0.1, 0.15) is 58.5 Å². The first-order valence-electron chi connectivity index (χ1n) is 11.0. The third kappa shape index (κ3) is 5.50. The van der Waals surface area contributed by atoms with Gasteiger partial charge in [0.15, 0.2) is 17.5 Å². The molecule has 0 unspecified atom stereocenters. The lowest BCUT2D eigenvalue weighted by Crippen LogP contribution is -2.25. The lowest BCUT2D eigenvalue weighted by Gasteiger charge is -2.26. The van der Waals surface area contributed by atoms with Crippen LogP contribution < -0.4 is 4.74 Å². The largest absolute Gasteiger partial charge is 0.432 e. The first kappa shape index (κ1) is 27.5. The Kier molecular flexibility index (Phi) is 8.00. The first-order chi connectivity index (χ1) is 16.5. The molecule has 1 aliphatic rings. The van der Waals surface area contributed by atoms with Gasteiger partial charge in [-0.25, -0.2) is 26.3 Å². The van der Waals surface area contributed by atoms with Crippen molar-refractivity contribution < 1.29 is 41.3 Å². The van der Waals surface area contributed by atoms with Crippen molar-refractivity contribution in [3.63, 3.8) is 0 Å². The highest BCUT2D eigenvalue weighted by Gasteiger charge is 2.41. The summed E-state index contributed by atoms with van der Waals surface area (Å²) in [6.07, 6.45) is -0.896. The molecule has 0 saturated heterocycles. The second kappa shape index (κ2) is 10.5. The normalized spacial score (nSPS) is 18.0. The van der Waals surface area contributed by atoms with E-state index in [1.54, 1.807) is 6.07 Å². The number of benzene rings is 3. The highest BCUT2D eigenvalue weighted by molar-refractivity contribution is 5.65. The zero-order valence-electron chi connectivity index (χ0n) is 18.5. The summed E-state index contributed by atoms with van der Waals surface area (Å²) in [5, 5.41) is 0. The molecule has 1 nitrogen and oxygen atoms in total. The van der Waals surface area contributed by atoms with Gasteiger partial charge in [0, 0.05) is 19.1 Å². The Morgan fingerprint density at radius 2 is 1.31 bits per heavy atom. The van der Waals surface area contributed by atoms with Gasteiger partial charge in [0.1, 0.15) is 28.8 Å². The van der Waals surface area contributed by atoms with Crippen LogP contribution in [0.4, 0.5) is 35.1 Å². The summed E-state index contributed by atoms with van der Waals surface area (Å²) in [6, 6.07) is 5.53. The smallest absolute Gasteiger partial charge is 0.429 e. The second-order valence-electron chi connectivity index (χ2n) is 8.83. The number of halogens is 8. The molecular formula is C27H26F8O. The molecule has 0 bridgehead atoms. The SMILES string of the molecule is C.CC1CCC(c2ccc(-c3cc(F)c(C(F)(F)Oc4cc(F)c(F)c(F)c4)c(F)c3)c(F)c2)CC1.[HH]. The van der Waals surface area contributed by atoms with Crippen molar-refractivity contribution in [1.82, 2.24) is 0 Å². The molecule has 196 valence electrons. The van der Waals surface area contributed by atoms with Gasteiger partial charge in [0.2, 0.25) is 0 Å². The standard InChI is InChI=1S/C26H20F8O.CH4.H2/c1-13-2-4-14(5-3-13)15-6-7-18(19(27)8-15)16-9-20(28)24(21(29)10-16)26(33,34)35-17-11-22(30)25(32)23(31)12-17;;/h6-14H,2-5H2,1H3;1H4;1H. The van der Waals surface area contributed by atoms with Crippen molar-refractivity contribution in [3.05, 3.63) is 88.5 Å². The summed E-state index contributed by atoms with van der Waals surface area (Å²) in [5.41, 5.74) is -1.59. The molecular weight excluding hydrogens is 492 g/mol. The van der Waals surface area contributed by atoms with Crippen molar-refractivity contribution in [3.8, 4) is 16.9 Å². The molecule has 9 heteroatoms. The number of rotatable bonds is 5. The van der Waals surface area contributed by atoms with Gasteiger partial charge >= 0.3 is 6.11 Å². The maximum atomic E-state index is 14.8. The third-order valence-electron chi connectivity index (χ3n) is 6.33. The Labute approximate surface area is 205 Å². The molecule has 0 spiro atoms. The molecule has 1 aliphatic carbocycles. The van der Waals surface area contributed by atoms with Gasteiger partial charge in [-0.2, -0.15) is 8.78 Å². The Hall–Kier alpha value is -3.10. The summed E-state index contributed by atoms with van der Waals surface area (Å²) < 4.78 is 117. The van der Waals surface area contributed by atoms with Crippen molar-refractivity contribution in [1.29, 1.82) is 0 Å². The van der Waals surface area contributed by atoms with Crippen LogP contribution in [0.3, 0.4) is 0 Å². The molecule has 1 saturated carbocycles. The van der Waals surface area contributed by atoms with Crippen molar-refractivity contribution in [2.75, 3.05) is 0 Å². The van der Waals surface area contributed by atoms with E-state index in [4.69, 9.17) is 0 Å². The van der Waals surface area contributed by atoms with Gasteiger partial charge in [-0.05, 0) is 54.0 Å². The zero-order valence-corrected chi connectivity index (χ0v) is 18.5. The fourth-order valence-electron chi connectivity index (χ4n) is 4.41. The van der Waals surface area contributed by atoms with E-state index in [0.29, 0.717) is 18.1 Å². The lowest BCUT2D eigenvalue weighted by atomic mass is 9.79. The van der Waals surface area contributed by atoms with Crippen LogP contribution >= 0.6 is 0 Å². The van der Waals surface area contributed by atoms with Gasteiger partial charge in [0.25, 0.3) is 0 Å². The van der Waals surface area contributed by atoms with E-state index in [1.807, 2.05) is 0 Å². The van der Waals surface area contributed by atoms with E-state index in [0.717, 1.165) is 31.2 Å². The zero-order chi connectivity index (χ0) is 25.5. The van der Waals surface area contributed by atoms with Gasteiger partial charge < -0.3 is 4.74 Å². The minimum Gasteiger partial charge on any atom is -0.429 e. The maximum Gasteiger partial charge on any atom is 0.432 e. The molecule has 36 heavy (non-hydrogen) atoms. The molecule has 0 atom stereocenters. The molecule has 0 aliphatic heterocycles. The Morgan fingerprint density at radius 3 is 1.83 bits per heavy atom. The summed E-state index contributed by atoms with van der Waals surface area (Å²) in [7, 11) is 0. The van der Waals surface area contributed by atoms with Crippen LogP contribution in [0.25, 0.3) is 11.1 Å². The third-order valence-corrected chi connectivity index (χ3v) is 6.33. The number of hydrogen-bond acceptors (Lipinski definition) is 1. The summed E-state index contributed by atoms with van der Waals surface area (Å²) in [5.74, 6) is -10.3. The first-order valence-corrected chi connectivity index (χ1v) is 11.0. The molecule has 3 aromatic carbocycles. The quantitative estimate of drug-likeness (QED) is 0.241. The van der Waals surface area contributed by atoms with Crippen LogP contribution in [0.5, 0.6) is 5.75 Å². The predicted octanol–water partition coefficient (Wildman–Crippen LogP) is 9.49. The fraction of sp³-hybridized carbons (Fsp3) is 0.333. The Bertz CT molecular complexity index is 1210. The van der Waals surface area contributed by atoms with Gasteiger partial charge in [-0.1, -0.05) is 39.3 Å². The average molecular weight is 518 g/mol. The maximum absolute atomic E-state index is 14.8. The van der Waals surface area contributed by atoms with Crippen molar-refractivity contribution in [2.45, 2.75) is 52.1 Å². The van der Waals surface area contributed by atoms with Crippen LogP contribution in [0, 0.1) is 40.8 Å². The molecule has 1 fully saturated rings. The Morgan fingerprint density at radius 1 is 0.750 bits per heavy atom. The minimum atomic E-state index is -4.72. The van der Waals surface area contributed by atoms with E-state index in [1.165, 1.54) is 12.1 Å². The van der Waals surface area contributed by atoms with Gasteiger partial charge in [0.05, 0.1) is 0 Å².